The SMILES string of the molecule is CCOC(=O)c1cn(CCOC(=O)N2CCNCC2)nn1.Cl. The zero-order chi connectivity index (χ0) is 15.1. The number of carbonyl (C=O) groups is 2. The molecule has 0 unspecified atom stereocenters. The monoisotopic (exact) mass is 333 g/mol. The Morgan fingerprint density at radius 1 is 1.32 bits per heavy atom. The predicted molar refractivity (Wildman–Crippen MR) is 79.0 cm³/mol. The number of amides is 1. The zero-order valence-corrected chi connectivity index (χ0v) is 13.2. The first kappa shape index (κ1) is 18.2. The number of nitrogens with one attached hydrogen (secondary N) is 1. The summed E-state index contributed by atoms with van der Waals surface area (Å²) in [6.45, 7) is 5.37. The normalized spacial score (nSPS) is 14.1. The lowest BCUT2D eigenvalue weighted by molar-refractivity contribution is 0.0519. The number of rotatable bonds is 5. The molecule has 0 radical (unpaired) electrons. The van der Waals surface area contributed by atoms with Gasteiger partial charge in [0, 0.05) is 26.2 Å². The lowest BCUT2D eigenvalue weighted by Gasteiger charge is -2.26. The minimum Gasteiger partial charge on any atom is -0.461 e. The highest BCUT2D eigenvalue weighted by Crippen LogP contribution is 1.99. The molecule has 2 rings (SSSR count). The molecular weight excluding hydrogens is 314 g/mol. The van der Waals surface area contributed by atoms with E-state index in [0.717, 1.165) is 13.1 Å². The average molecular weight is 334 g/mol. The van der Waals surface area contributed by atoms with E-state index in [1.807, 2.05) is 0 Å². The fourth-order valence-electron chi connectivity index (χ4n) is 1.87. The van der Waals surface area contributed by atoms with Crippen LogP contribution in [0.5, 0.6) is 0 Å². The first-order chi connectivity index (χ1) is 10.2. The third-order valence-corrected chi connectivity index (χ3v) is 2.94. The Bertz CT molecular complexity index is 490. The first-order valence-corrected chi connectivity index (χ1v) is 6.90. The molecule has 1 aromatic heterocycles. The van der Waals surface area contributed by atoms with E-state index in [9.17, 15) is 9.59 Å². The molecule has 0 spiro atoms. The van der Waals surface area contributed by atoms with Gasteiger partial charge in [0.2, 0.25) is 0 Å². The Labute approximate surface area is 134 Å². The van der Waals surface area contributed by atoms with Crippen LogP contribution in [0.3, 0.4) is 0 Å². The summed E-state index contributed by atoms with van der Waals surface area (Å²) in [4.78, 5) is 24.8. The molecule has 1 aliphatic rings. The molecule has 1 saturated heterocycles. The molecule has 9 nitrogen and oxygen atoms in total. The van der Waals surface area contributed by atoms with Crippen LogP contribution in [-0.2, 0) is 16.0 Å². The zero-order valence-electron chi connectivity index (χ0n) is 12.4. The van der Waals surface area contributed by atoms with Crippen molar-refractivity contribution in [3.63, 3.8) is 0 Å². The summed E-state index contributed by atoms with van der Waals surface area (Å²) >= 11 is 0. The van der Waals surface area contributed by atoms with Crippen LogP contribution in [0, 0.1) is 0 Å². The molecule has 0 aliphatic carbocycles. The molecule has 1 amide bonds. The molecule has 1 N–H and O–H groups in total. The number of aromatic nitrogens is 3. The Hall–Kier alpha value is -1.87. The second-order valence-corrected chi connectivity index (χ2v) is 4.44. The highest BCUT2D eigenvalue weighted by Gasteiger charge is 2.17. The van der Waals surface area contributed by atoms with Crippen LogP contribution >= 0.6 is 12.4 Å². The highest BCUT2D eigenvalue weighted by molar-refractivity contribution is 5.86. The Kier molecular flexibility index (Phi) is 7.61. The Morgan fingerprint density at radius 2 is 2.05 bits per heavy atom. The van der Waals surface area contributed by atoms with Crippen molar-refractivity contribution < 1.29 is 19.1 Å². The number of carbonyl (C=O) groups excluding carboxylic acids is 2. The molecule has 2 heterocycles. The van der Waals surface area contributed by atoms with Crippen molar-refractivity contribution in [1.29, 1.82) is 0 Å². The van der Waals surface area contributed by atoms with E-state index >= 15 is 0 Å². The van der Waals surface area contributed by atoms with Crippen molar-refractivity contribution in [1.82, 2.24) is 25.2 Å². The topological polar surface area (TPSA) is 98.6 Å². The van der Waals surface area contributed by atoms with Gasteiger partial charge in [0.05, 0.1) is 19.3 Å². The van der Waals surface area contributed by atoms with Crippen LogP contribution in [0.4, 0.5) is 4.79 Å². The van der Waals surface area contributed by atoms with Crippen molar-refractivity contribution in [3.8, 4) is 0 Å². The summed E-state index contributed by atoms with van der Waals surface area (Å²) < 4.78 is 11.4. The van der Waals surface area contributed by atoms with Crippen LogP contribution in [0.25, 0.3) is 0 Å². The molecule has 1 fully saturated rings. The average Bonchev–Trinajstić information content (AvgIpc) is 2.97. The molecule has 0 atom stereocenters. The van der Waals surface area contributed by atoms with Gasteiger partial charge in [-0.05, 0) is 6.92 Å². The number of nitrogens with zero attached hydrogens (tertiary/aromatic N) is 4. The molecule has 0 bridgehead atoms. The van der Waals surface area contributed by atoms with Crippen LogP contribution < -0.4 is 5.32 Å². The second kappa shape index (κ2) is 9.21. The van der Waals surface area contributed by atoms with Gasteiger partial charge in [-0.1, -0.05) is 5.21 Å². The van der Waals surface area contributed by atoms with Gasteiger partial charge >= 0.3 is 12.1 Å². The van der Waals surface area contributed by atoms with E-state index in [0.29, 0.717) is 19.6 Å². The summed E-state index contributed by atoms with van der Waals surface area (Å²) in [7, 11) is 0. The van der Waals surface area contributed by atoms with Gasteiger partial charge in [0.25, 0.3) is 0 Å². The highest BCUT2D eigenvalue weighted by atomic mass is 35.5. The van der Waals surface area contributed by atoms with Crippen LogP contribution in [0.15, 0.2) is 6.20 Å². The molecule has 1 aromatic rings. The number of hydrogen-bond donors (Lipinski definition) is 1. The fraction of sp³-hybridized carbons (Fsp3) is 0.667. The Balaban J connectivity index is 0.00000242. The van der Waals surface area contributed by atoms with E-state index in [1.54, 1.807) is 11.8 Å². The minimum absolute atomic E-state index is 0. The van der Waals surface area contributed by atoms with E-state index < -0.39 is 5.97 Å². The van der Waals surface area contributed by atoms with E-state index in [-0.39, 0.29) is 37.4 Å². The van der Waals surface area contributed by atoms with Crippen molar-refractivity contribution in [2.75, 3.05) is 39.4 Å². The first-order valence-electron chi connectivity index (χ1n) is 6.90. The quantitative estimate of drug-likeness (QED) is 0.752. The lowest BCUT2D eigenvalue weighted by Crippen LogP contribution is -2.46. The third-order valence-electron chi connectivity index (χ3n) is 2.94. The van der Waals surface area contributed by atoms with Gasteiger partial charge in [-0.2, -0.15) is 0 Å². The van der Waals surface area contributed by atoms with Gasteiger partial charge in [-0.25, -0.2) is 14.3 Å². The summed E-state index contributed by atoms with van der Waals surface area (Å²) in [5, 5.41) is 10.6. The molecular formula is C12H20ClN5O4. The fourth-order valence-corrected chi connectivity index (χ4v) is 1.87. The largest absolute Gasteiger partial charge is 0.461 e. The summed E-state index contributed by atoms with van der Waals surface area (Å²) in [5.74, 6) is -0.512. The summed E-state index contributed by atoms with van der Waals surface area (Å²) in [6, 6.07) is 0. The van der Waals surface area contributed by atoms with Crippen molar-refractivity contribution in [2.24, 2.45) is 0 Å². The molecule has 22 heavy (non-hydrogen) atoms. The van der Waals surface area contributed by atoms with Crippen LogP contribution in [-0.4, -0.2) is 71.3 Å². The molecule has 0 aromatic carbocycles. The number of hydrogen-bond acceptors (Lipinski definition) is 7. The van der Waals surface area contributed by atoms with Gasteiger partial charge < -0.3 is 19.7 Å². The van der Waals surface area contributed by atoms with Crippen molar-refractivity contribution >= 4 is 24.5 Å². The maximum absolute atomic E-state index is 11.7. The van der Waals surface area contributed by atoms with E-state index in [4.69, 9.17) is 9.47 Å². The number of halogens is 1. The summed E-state index contributed by atoms with van der Waals surface area (Å²) in [6.07, 6.45) is 1.14. The molecule has 0 saturated carbocycles. The maximum Gasteiger partial charge on any atom is 0.409 e. The standard InChI is InChI=1S/C12H19N5O4.ClH/c1-2-20-11(18)10-9-17(15-14-10)7-8-21-12(19)16-5-3-13-4-6-16;/h9,13H,2-8H2,1H3;1H. The molecule has 1 aliphatic heterocycles. The predicted octanol–water partition coefficient (Wildman–Crippen LogP) is -0.0816. The maximum atomic E-state index is 11.7. The van der Waals surface area contributed by atoms with Crippen LogP contribution in [0.1, 0.15) is 17.4 Å². The number of esters is 1. The minimum atomic E-state index is -0.512. The smallest absolute Gasteiger partial charge is 0.409 e. The van der Waals surface area contributed by atoms with Gasteiger partial charge in [-0.15, -0.1) is 17.5 Å². The van der Waals surface area contributed by atoms with E-state index in [1.165, 1.54) is 10.9 Å². The van der Waals surface area contributed by atoms with Gasteiger partial charge in [0.15, 0.2) is 5.69 Å². The van der Waals surface area contributed by atoms with Gasteiger partial charge in [-0.3, -0.25) is 0 Å². The summed E-state index contributed by atoms with van der Waals surface area (Å²) in [5.41, 5.74) is 0.144. The number of ether oxygens (including phenoxy) is 2. The second-order valence-electron chi connectivity index (χ2n) is 4.44. The van der Waals surface area contributed by atoms with Crippen molar-refractivity contribution in [2.45, 2.75) is 13.5 Å². The van der Waals surface area contributed by atoms with Crippen molar-refractivity contribution in [3.05, 3.63) is 11.9 Å². The number of piperazine rings is 1. The van der Waals surface area contributed by atoms with Gasteiger partial charge in [0.1, 0.15) is 6.61 Å². The third kappa shape index (κ3) is 5.15. The molecule has 10 heteroatoms. The van der Waals surface area contributed by atoms with Crippen LogP contribution in [0.2, 0.25) is 0 Å². The van der Waals surface area contributed by atoms with E-state index in [2.05, 4.69) is 15.6 Å². The molecule has 124 valence electrons. The Morgan fingerprint density at radius 3 is 2.73 bits per heavy atom. The lowest BCUT2D eigenvalue weighted by atomic mass is 10.4.